The van der Waals surface area contributed by atoms with Gasteiger partial charge >= 0.3 is 0 Å². The van der Waals surface area contributed by atoms with Crippen LogP contribution < -0.4 is 9.47 Å². The third-order valence-electron chi connectivity index (χ3n) is 2.52. The normalized spacial score (nSPS) is 14.1. The van der Waals surface area contributed by atoms with E-state index in [2.05, 4.69) is 15.9 Å². The fourth-order valence-electron chi connectivity index (χ4n) is 1.73. The lowest BCUT2D eigenvalue weighted by Gasteiger charge is -2.23. The molecule has 0 spiro atoms. The molecular weight excluding hydrogens is 260 g/mol. The van der Waals surface area contributed by atoms with E-state index in [4.69, 9.17) is 14.6 Å². The van der Waals surface area contributed by atoms with Gasteiger partial charge in [-0.05, 0) is 25.0 Å². The standard InChI is InChI=1S/C11H13BrO3/c1-7-8(2-3-13)11-10(6-9(7)12)14-4-5-15-11/h6,13H,2-5H2,1H3. The monoisotopic (exact) mass is 272 g/mol. The summed E-state index contributed by atoms with van der Waals surface area (Å²) < 4.78 is 12.1. The Balaban J connectivity index is 2.52. The van der Waals surface area contributed by atoms with Crippen molar-refractivity contribution in [2.75, 3.05) is 19.8 Å². The zero-order valence-electron chi connectivity index (χ0n) is 8.55. The molecule has 0 fully saturated rings. The second kappa shape index (κ2) is 4.41. The van der Waals surface area contributed by atoms with E-state index in [9.17, 15) is 0 Å². The summed E-state index contributed by atoms with van der Waals surface area (Å²) >= 11 is 3.48. The van der Waals surface area contributed by atoms with E-state index < -0.39 is 0 Å². The fraction of sp³-hybridized carbons (Fsp3) is 0.455. The Labute approximate surface area is 97.1 Å². The summed E-state index contributed by atoms with van der Waals surface area (Å²) in [5.41, 5.74) is 2.13. The van der Waals surface area contributed by atoms with Crippen molar-refractivity contribution >= 4 is 15.9 Å². The van der Waals surface area contributed by atoms with Crippen molar-refractivity contribution in [3.8, 4) is 11.5 Å². The molecule has 0 saturated heterocycles. The predicted molar refractivity (Wildman–Crippen MR) is 60.7 cm³/mol. The predicted octanol–water partition coefficient (Wildman–Crippen LogP) is 2.06. The van der Waals surface area contributed by atoms with Crippen LogP contribution in [0.25, 0.3) is 0 Å². The van der Waals surface area contributed by atoms with Crippen molar-refractivity contribution < 1.29 is 14.6 Å². The zero-order valence-corrected chi connectivity index (χ0v) is 10.1. The molecule has 0 radical (unpaired) electrons. The van der Waals surface area contributed by atoms with Crippen LogP contribution in [0.5, 0.6) is 11.5 Å². The maximum Gasteiger partial charge on any atom is 0.164 e. The first-order valence-corrected chi connectivity index (χ1v) is 5.71. The number of benzene rings is 1. The second-order valence-corrected chi connectivity index (χ2v) is 4.31. The Hall–Kier alpha value is -0.740. The highest BCUT2D eigenvalue weighted by atomic mass is 79.9. The number of rotatable bonds is 2. The lowest BCUT2D eigenvalue weighted by Crippen LogP contribution is -2.17. The van der Waals surface area contributed by atoms with Gasteiger partial charge in [-0.3, -0.25) is 0 Å². The molecule has 0 aromatic heterocycles. The van der Waals surface area contributed by atoms with Crippen LogP contribution >= 0.6 is 15.9 Å². The number of hydrogen-bond acceptors (Lipinski definition) is 3. The first-order valence-electron chi connectivity index (χ1n) is 4.92. The van der Waals surface area contributed by atoms with E-state index in [0.29, 0.717) is 19.6 Å². The smallest absolute Gasteiger partial charge is 0.164 e. The van der Waals surface area contributed by atoms with Crippen LogP contribution in [0.3, 0.4) is 0 Å². The lowest BCUT2D eigenvalue weighted by atomic mass is 10.0. The van der Waals surface area contributed by atoms with Gasteiger partial charge in [0.05, 0.1) is 0 Å². The van der Waals surface area contributed by atoms with Gasteiger partial charge < -0.3 is 14.6 Å². The van der Waals surface area contributed by atoms with Crippen LogP contribution in [0.15, 0.2) is 10.5 Å². The SMILES string of the molecule is Cc1c(Br)cc2c(c1CCO)OCCO2. The summed E-state index contributed by atoms with van der Waals surface area (Å²) in [5.74, 6) is 1.55. The Morgan fingerprint density at radius 1 is 1.40 bits per heavy atom. The highest BCUT2D eigenvalue weighted by Crippen LogP contribution is 2.39. The topological polar surface area (TPSA) is 38.7 Å². The summed E-state index contributed by atoms with van der Waals surface area (Å²) in [6, 6.07) is 1.92. The highest BCUT2D eigenvalue weighted by molar-refractivity contribution is 9.10. The third kappa shape index (κ3) is 1.96. The molecule has 82 valence electrons. The molecular formula is C11H13BrO3. The van der Waals surface area contributed by atoms with Gasteiger partial charge in [-0.15, -0.1) is 0 Å². The molecule has 1 heterocycles. The number of ether oxygens (including phenoxy) is 2. The highest BCUT2D eigenvalue weighted by Gasteiger charge is 2.19. The first-order chi connectivity index (χ1) is 7.24. The Morgan fingerprint density at radius 3 is 2.87 bits per heavy atom. The van der Waals surface area contributed by atoms with Crippen molar-refractivity contribution in [2.45, 2.75) is 13.3 Å². The van der Waals surface area contributed by atoms with Crippen LogP contribution in [0.4, 0.5) is 0 Å². The van der Waals surface area contributed by atoms with Gasteiger partial charge in [-0.2, -0.15) is 0 Å². The van der Waals surface area contributed by atoms with Crippen LogP contribution in [-0.4, -0.2) is 24.9 Å². The molecule has 0 atom stereocenters. The molecule has 0 bridgehead atoms. The second-order valence-electron chi connectivity index (χ2n) is 3.46. The fourth-order valence-corrected chi connectivity index (χ4v) is 2.17. The van der Waals surface area contributed by atoms with Crippen molar-refractivity contribution in [1.29, 1.82) is 0 Å². The Kier molecular flexibility index (Phi) is 3.17. The molecule has 0 aliphatic carbocycles. The molecule has 4 heteroatoms. The summed E-state index contributed by atoms with van der Waals surface area (Å²) in [5, 5.41) is 9.02. The van der Waals surface area contributed by atoms with E-state index in [1.54, 1.807) is 0 Å². The van der Waals surface area contributed by atoms with E-state index >= 15 is 0 Å². The average Bonchev–Trinajstić information content (AvgIpc) is 2.25. The Morgan fingerprint density at radius 2 is 2.13 bits per heavy atom. The van der Waals surface area contributed by atoms with Crippen LogP contribution in [0, 0.1) is 6.92 Å². The molecule has 1 aromatic rings. The summed E-state index contributed by atoms with van der Waals surface area (Å²) in [4.78, 5) is 0. The number of aliphatic hydroxyl groups excluding tert-OH is 1. The molecule has 0 amide bonds. The molecule has 0 unspecified atom stereocenters. The van der Waals surface area contributed by atoms with Gasteiger partial charge in [-0.25, -0.2) is 0 Å². The van der Waals surface area contributed by atoms with Crippen molar-refractivity contribution in [3.63, 3.8) is 0 Å². The van der Waals surface area contributed by atoms with E-state index in [-0.39, 0.29) is 6.61 Å². The molecule has 1 N–H and O–H groups in total. The maximum absolute atomic E-state index is 9.02. The molecule has 1 aliphatic heterocycles. The van der Waals surface area contributed by atoms with Crippen molar-refractivity contribution in [3.05, 3.63) is 21.7 Å². The van der Waals surface area contributed by atoms with Gasteiger partial charge in [0.2, 0.25) is 0 Å². The van der Waals surface area contributed by atoms with Crippen LogP contribution in [0.1, 0.15) is 11.1 Å². The minimum absolute atomic E-state index is 0.118. The van der Waals surface area contributed by atoms with Gasteiger partial charge in [0.25, 0.3) is 0 Å². The van der Waals surface area contributed by atoms with Gasteiger partial charge in [0, 0.05) is 16.6 Å². The van der Waals surface area contributed by atoms with Crippen LogP contribution in [-0.2, 0) is 6.42 Å². The Bertz CT molecular complexity index is 377. The quantitative estimate of drug-likeness (QED) is 0.896. The lowest BCUT2D eigenvalue weighted by molar-refractivity contribution is 0.168. The molecule has 1 aliphatic rings. The average molecular weight is 273 g/mol. The molecule has 3 nitrogen and oxygen atoms in total. The number of hydrogen-bond donors (Lipinski definition) is 1. The number of fused-ring (bicyclic) bond motifs is 1. The molecule has 2 rings (SSSR count). The number of halogens is 1. The maximum atomic E-state index is 9.02. The molecule has 0 saturated carbocycles. The van der Waals surface area contributed by atoms with Gasteiger partial charge in [0.1, 0.15) is 13.2 Å². The minimum Gasteiger partial charge on any atom is -0.486 e. The summed E-state index contributed by atoms with van der Waals surface area (Å²) in [6.45, 7) is 3.29. The first kappa shape index (κ1) is 10.8. The van der Waals surface area contributed by atoms with Gasteiger partial charge in [-0.1, -0.05) is 15.9 Å². The largest absolute Gasteiger partial charge is 0.486 e. The summed E-state index contributed by atoms with van der Waals surface area (Å²) in [7, 11) is 0. The van der Waals surface area contributed by atoms with Crippen LogP contribution in [0.2, 0.25) is 0 Å². The molecule has 1 aromatic carbocycles. The minimum atomic E-state index is 0.118. The van der Waals surface area contributed by atoms with Gasteiger partial charge in [0.15, 0.2) is 11.5 Å². The van der Waals surface area contributed by atoms with E-state index in [0.717, 1.165) is 27.1 Å². The van der Waals surface area contributed by atoms with E-state index in [1.165, 1.54) is 0 Å². The van der Waals surface area contributed by atoms with Crippen molar-refractivity contribution in [2.24, 2.45) is 0 Å². The van der Waals surface area contributed by atoms with E-state index in [1.807, 2.05) is 13.0 Å². The zero-order chi connectivity index (χ0) is 10.8. The molecule has 15 heavy (non-hydrogen) atoms. The summed E-state index contributed by atoms with van der Waals surface area (Å²) in [6.07, 6.45) is 0.594. The third-order valence-corrected chi connectivity index (χ3v) is 3.34. The van der Waals surface area contributed by atoms with Crippen molar-refractivity contribution in [1.82, 2.24) is 0 Å². The number of aliphatic hydroxyl groups is 1.